The SMILES string of the molecule is CC(Nc1ccc(N=Cc2c(O)[nH]c3cccc(F)c23)cc1)c1cccnc1. The smallest absolute Gasteiger partial charge is 0.198 e. The second kappa shape index (κ2) is 7.52. The van der Waals surface area contributed by atoms with Crippen molar-refractivity contribution in [2.24, 2.45) is 4.99 Å². The molecule has 0 aliphatic rings. The summed E-state index contributed by atoms with van der Waals surface area (Å²) in [7, 11) is 0. The highest BCUT2D eigenvalue weighted by atomic mass is 19.1. The molecule has 6 heteroatoms. The zero-order valence-electron chi connectivity index (χ0n) is 15.2. The van der Waals surface area contributed by atoms with Crippen LogP contribution in [0.3, 0.4) is 0 Å². The van der Waals surface area contributed by atoms with Gasteiger partial charge in [-0.3, -0.25) is 9.98 Å². The molecular weight excluding hydrogens is 355 g/mol. The van der Waals surface area contributed by atoms with Gasteiger partial charge >= 0.3 is 0 Å². The highest BCUT2D eigenvalue weighted by Gasteiger charge is 2.12. The minimum Gasteiger partial charge on any atom is -0.494 e. The molecule has 2 aromatic carbocycles. The summed E-state index contributed by atoms with van der Waals surface area (Å²) in [4.78, 5) is 11.3. The van der Waals surface area contributed by atoms with Crippen LogP contribution >= 0.6 is 0 Å². The Balaban J connectivity index is 1.52. The first-order chi connectivity index (χ1) is 13.6. The maximum Gasteiger partial charge on any atom is 0.198 e. The Morgan fingerprint density at radius 1 is 1.14 bits per heavy atom. The average molecular weight is 374 g/mol. The van der Waals surface area contributed by atoms with Crippen molar-refractivity contribution < 1.29 is 9.50 Å². The molecule has 28 heavy (non-hydrogen) atoms. The van der Waals surface area contributed by atoms with Crippen LogP contribution in [0.15, 0.2) is 72.0 Å². The van der Waals surface area contributed by atoms with Crippen molar-refractivity contribution in [1.82, 2.24) is 9.97 Å². The first-order valence-corrected chi connectivity index (χ1v) is 8.91. The van der Waals surface area contributed by atoms with Crippen LogP contribution in [0.5, 0.6) is 5.88 Å². The van der Waals surface area contributed by atoms with Crippen molar-refractivity contribution in [3.8, 4) is 5.88 Å². The van der Waals surface area contributed by atoms with Gasteiger partial charge in [0.05, 0.1) is 22.8 Å². The van der Waals surface area contributed by atoms with E-state index in [-0.39, 0.29) is 11.9 Å². The summed E-state index contributed by atoms with van der Waals surface area (Å²) in [6.45, 7) is 2.07. The van der Waals surface area contributed by atoms with E-state index in [0.29, 0.717) is 22.2 Å². The van der Waals surface area contributed by atoms with Crippen LogP contribution in [0.1, 0.15) is 24.1 Å². The molecule has 0 fully saturated rings. The number of H-pyrrole nitrogens is 1. The maximum atomic E-state index is 14.1. The predicted octanol–water partition coefficient (Wildman–Crippen LogP) is 5.33. The predicted molar refractivity (Wildman–Crippen MR) is 110 cm³/mol. The van der Waals surface area contributed by atoms with Gasteiger partial charge in [0.1, 0.15) is 5.82 Å². The quantitative estimate of drug-likeness (QED) is 0.413. The van der Waals surface area contributed by atoms with Crippen LogP contribution in [0, 0.1) is 5.82 Å². The number of aliphatic imine (C=N–C) groups is 1. The summed E-state index contributed by atoms with van der Waals surface area (Å²) in [6.07, 6.45) is 5.06. The van der Waals surface area contributed by atoms with Gasteiger partial charge in [-0.15, -0.1) is 0 Å². The van der Waals surface area contributed by atoms with Gasteiger partial charge in [0.15, 0.2) is 5.88 Å². The number of aromatic hydroxyl groups is 1. The molecule has 0 aliphatic heterocycles. The number of halogens is 1. The number of nitrogens with one attached hydrogen (secondary N) is 2. The fourth-order valence-electron chi connectivity index (χ4n) is 3.09. The Morgan fingerprint density at radius 2 is 1.96 bits per heavy atom. The van der Waals surface area contributed by atoms with E-state index < -0.39 is 5.82 Å². The van der Waals surface area contributed by atoms with Gasteiger partial charge in [0.25, 0.3) is 0 Å². The summed E-state index contributed by atoms with van der Waals surface area (Å²) in [5.41, 5.74) is 3.62. The van der Waals surface area contributed by atoms with E-state index in [1.807, 2.05) is 42.6 Å². The lowest BCUT2D eigenvalue weighted by atomic mass is 10.1. The Morgan fingerprint density at radius 3 is 2.71 bits per heavy atom. The summed E-state index contributed by atoms with van der Waals surface area (Å²) >= 11 is 0. The van der Waals surface area contributed by atoms with Gasteiger partial charge in [-0.05, 0) is 55.0 Å². The normalized spacial score (nSPS) is 12.5. The fourth-order valence-corrected chi connectivity index (χ4v) is 3.09. The highest BCUT2D eigenvalue weighted by Crippen LogP contribution is 2.28. The second-order valence-corrected chi connectivity index (χ2v) is 6.51. The second-order valence-electron chi connectivity index (χ2n) is 6.51. The summed E-state index contributed by atoms with van der Waals surface area (Å²) < 4.78 is 14.1. The standard InChI is InChI=1S/C22H19FN4O/c1-14(15-4-3-11-24-12-15)26-17-9-7-16(8-10-17)25-13-18-21-19(23)5-2-6-20(21)27-22(18)28/h2-14,26-28H,1H3. The molecule has 2 heterocycles. The molecule has 140 valence electrons. The summed E-state index contributed by atoms with van der Waals surface area (Å²) in [6, 6.07) is 16.3. The molecule has 0 amide bonds. The van der Waals surface area contributed by atoms with E-state index in [1.54, 1.807) is 18.3 Å². The molecule has 1 atom stereocenters. The van der Waals surface area contributed by atoms with Crippen LogP contribution in [0.2, 0.25) is 0 Å². The number of fused-ring (bicyclic) bond motifs is 1. The Bertz CT molecular complexity index is 1120. The molecule has 5 nitrogen and oxygen atoms in total. The first-order valence-electron chi connectivity index (χ1n) is 8.91. The number of rotatable bonds is 5. The van der Waals surface area contributed by atoms with E-state index in [4.69, 9.17) is 0 Å². The number of aromatic nitrogens is 2. The van der Waals surface area contributed by atoms with E-state index in [9.17, 15) is 9.50 Å². The topological polar surface area (TPSA) is 73.3 Å². The summed E-state index contributed by atoms with van der Waals surface area (Å²) in [5, 5.41) is 13.8. The van der Waals surface area contributed by atoms with Crippen molar-refractivity contribution in [2.75, 3.05) is 5.32 Å². The van der Waals surface area contributed by atoms with E-state index >= 15 is 0 Å². The average Bonchev–Trinajstić information content (AvgIpc) is 3.04. The Labute approximate surface area is 161 Å². The fraction of sp³-hybridized carbons (Fsp3) is 0.0909. The van der Waals surface area contributed by atoms with Crippen molar-refractivity contribution in [3.05, 3.63) is 83.9 Å². The molecule has 0 radical (unpaired) electrons. The molecule has 4 rings (SSSR count). The van der Waals surface area contributed by atoms with Crippen LogP contribution in [0.25, 0.3) is 10.9 Å². The molecule has 0 spiro atoms. The number of aromatic amines is 1. The minimum absolute atomic E-state index is 0.104. The van der Waals surface area contributed by atoms with Gasteiger partial charge in [-0.1, -0.05) is 12.1 Å². The zero-order valence-corrected chi connectivity index (χ0v) is 15.2. The van der Waals surface area contributed by atoms with E-state index in [1.165, 1.54) is 12.3 Å². The van der Waals surface area contributed by atoms with Crippen LogP contribution < -0.4 is 5.32 Å². The monoisotopic (exact) mass is 374 g/mol. The number of benzene rings is 2. The largest absolute Gasteiger partial charge is 0.494 e. The lowest BCUT2D eigenvalue weighted by Crippen LogP contribution is -2.06. The lowest BCUT2D eigenvalue weighted by Gasteiger charge is -2.15. The lowest BCUT2D eigenvalue weighted by molar-refractivity contribution is 0.457. The number of pyridine rings is 1. The third kappa shape index (κ3) is 3.57. The molecule has 0 saturated heterocycles. The Hall–Kier alpha value is -3.67. The van der Waals surface area contributed by atoms with Gasteiger partial charge in [-0.25, -0.2) is 4.39 Å². The number of nitrogens with zero attached hydrogens (tertiary/aromatic N) is 2. The molecular formula is C22H19FN4O. The van der Waals surface area contributed by atoms with Gasteiger partial charge in [0, 0.05) is 29.7 Å². The molecule has 3 N–H and O–H groups in total. The first kappa shape index (κ1) is 17.7. The van der Waals surface area contributed by atoms with Crippen LogP contribution in [-0.4, -0.2) is 21.3 Å². The Kier molecular flexibility index (Phi) is 4.76. The van der Waals surface area contributed by atoms with Crippen molar-refractivity contribution in [3.63, 3.8) is 0 Å². The number of hydrogen-bond acceptors (Lipinski definition) is 4. The molecule has 4 aromatic rings. The van der Waals surface area contributed by atoms with Crippen molar-refractivity contribution >= 4 is 28.5 Å². The third-order valence-corrected chi connectivity index (χ3v) is 4.57. The molecule has 0 aliphatic carbocycles. The maximum absolute atomic E-state index is 14.1. The third-order valence-electron chi connectivity index (χ3n) is 4.57. The molecule has 2 aromatic heterocycles. The van der Waals surface area contributed by atoms with E-state index in [2.05, 4.69) is 27.2 Å². The minimum atomic E-state index is -0.403. The van der Waals surface area contributed by atoms with Crippen molar-refractivity contribution in [1.29, 1.82) is 0 Å². The number of hydrogen-bond donors (Lipinski definition) is 3. The van der Waals surface area contributed by atoms with Crippen molar-refractivity contribution in [2.45, 2.75) is 13.0 Å². The molecule has 0 bridgehead atoms. The zero-order chi connectivity index (χ0) is 19.5. The van der Waals surface area contributed by atoms with Crippen LogP contribution in [-0.2, 0) is 0 Å². The van der Waals surface area contributed by atoms with Gasteiger partial charge in [-0.2, -0.15) is 0 Å². The number of anilines is 1. The van der Waals surface area contributed by atoms with Crippen LogP contribution in [0.4, 0.5) is 15.8 Å². The molecule has 0 saturated carbocycles. The van der Waals surface area contributed by atoms with E-state index in [0.717, 1.165) is 11.3 Å². The highest BCUT2D eigenvalue weighted by molar-refractivity contribution is 6.02. The van der Waals surface area contributed by atoms with Gasteiger partial charge in [0.2, 0.25) is 0 Å². The molecule has 1 unspecified atom stereocenters. The van der Waals surface area contributed by atoms with Gasteiger partial charge < -0.3 is 15.4 Å². The summed E-state index contributed by atoms with van der Waals surface area (Å²) in [5.74, 6) is -0.508.